The van der Waals surface area contributed by atoms with Crippen molar-refractivity contribution in [2.45, 2.75) is 12.5 Å². The van der Waals surface area contributed by atoms with Crippen molar-refractivity contribution in [3.8, 4) is 0 Å². The number of aldehydes is 1. The second-order valence-corrected chi connectivity index (χ2v) is 4.59. The first-order chi connectivity index (χ1) is 7.62. The predicted molar refractivity (Wildman–Crippen MR) is 59.3 cm³/mol. The van der Waals surface area contributed by atoms with Gasteiger partial charge in [-0.3, -0.25) is 0 Å². The van der Waals surface area contributed by atoms with Gasteiger partial charge in [0.05, 0.1) is 24.7 Å². The maximum absolute atomic E-state index is 11.1. The lowest BCUT2D eigenvalue weighted by molar-refractivity contribution is -0.117. The van der Waals surface area contributed by atoms with Crippen molar-refractivity contribution in [3.63, 3.8) is 0 Å². The van der Waals surface area contributed by atoms with Gasteiger partial charge in [-0.15, -0.1) is 0 Å². The van der Waals surface area contributed by atoms with E-state index in [-0.39, 0.29) is 5.41 Å². The second-order valence-electron chi connectivity index (χ2n) is 4.59. The molecule has 0 aromatic rings. The summed E-state index contributed by atoms with van der Waals surface area (Å²) in [7, 11) is 3.45. The highest BCUT2D eigenvalue weighted by Gasteiger charge is 2.35. The number of aliphatic hydroxyl groups excluding tert-OH is 1. The van der Waals surface area contributed by atoms with Gasteiger partial charge in [0.25, 0.3) is 0 Å². The molecule has 1 aliphatic heterocycles. The van der Waals surface area contributed by atoms with Gasteiger partial charge in [0.1, 0.15) is 6.29 Å². The highest BCUT2D eigenvalue weighted by Crippen LogP contribution is 2.26. The van der Waals surface area contributed by atoms with E-state index in [4.69, 9.17) is 9.47 Å². The third kappa shape index (κ3) is 3.83. The number of carbonyl (C=O) groups excluding carboxylic acids is 1. The first-order valence-electron chi connectivity index (χ1n) is 5.51. The Kier molecular flexibility index (Phi) is 5.34. The SMILES string of the molecule is COCC(O)CN(C)CC1(C=O)CCOC1. The Labute approximate surface area is 96.3 Å². The van der Waals surface area contributed by atoms with Gasteiger partial charge >= 0.3 is 0 Å². The van der Waals surface area contributed by atoms with Crippen LogP contribution in [0.1, 0.15) is 6.42 Å². The Morgan fingerprint density at radius 3 is 2.94 bits per heavy atom. The molecule has 94 valence electrons. The van der Waals surface area contributed by atoms with Gasteiger partial charge in [-0.2, -0.15) is 0 Å². The van der Waals surface area contributed by atoms with Gasteiger partial charge in [0, 0.05) is 26.8 Å². The van der Waals surface area contributed by atoms with E-state index >= 15 is 0 Å². The molecule has 1 saturated heterocycles. The largest absolute Gasteiger partial charge is 0.389 e. The Hall–Kier alpha value is -0.490. The van der Waals surface area contributed by atoms with Crippen LogP contribution >= 0.6 is 0 Å². The van der Waals surface area contributed by atoms with Crippen molar-refractivity contribution in [3.05, 3.63) is 0 Å². The number of hydrogen-bond acceptors (Lipinski definition) is 5. The summed E-state index contributed by atoms with van der Waals surface area (Å²) in [5.41, 5.74) is -0.387. The number of ether oxygens (including phenoxy) is 2. The average molecular weight is 231 g/mol. The lowest BCUT2D eigenvalue weighted by Crippen LogP contribution is -2.41. The predicted octanol–water partition coefficient (Wildman–Crippen LogP) is -0.469. The molecule has 5 nitrogen and oxygen atoms in total. The zero-order valence-corrected chi connectivity index (χ0v) is 10.0. The molecular weight excluding hydrogens is 210 g/mol. The monoisotopic (exact) mass is 231 g/mol. The number of rotatable bonds is 7. The number of methoxy groups -OCH3 is 1. The van der Waals surface area contributed by atoms with Crippen LogP contribution in [0.15, 0.2) is 0 Å². The number of likely N-dealkylation sites (N-methyl/N-ethyl adjacent to an activating group) is 1. The third-order valence-corrected chi connectivity index (χ3v) is 2.85. The van der Waals surface area contributed by atoms with Crippen LogP contribution in [-0.4, -0.2) is 69.5 Å². The molecule has 2 unspecified atom stereocenters. The minimum absolute atomic E-state index is 0.314. The second kappa shape index (κ2) is 6.30. The van der Waals surface area contributed by atoms with E-state index in [1.54, 1.807) is 7.11 Å². The molecular formula is C11H21NO4. The Morgan fingerprint density at radius 2 is 2.44 bits per heavy atom. The van der Waals surface area contributed by atoms with Crippen molar-refractivity contribution in [1.29, 1.82) is 0 Å². The molecule has 2 atom stereocenters. The van der Waals surface area contributed by atoms with Crippen molar-refractivity contribution in [2.75, 3.05) is 47.1 Å². The Morgan fingerprint density at radius 1 is 1.69 bits per heavy atom. The number of hydrogen-bond donors (Lipinski definition) is 1. The first kappa shape index (κ1) is 13.6. The first-order valence-corrected chi connectivity index (χ1v) is 5.51. The van der Waals surface area contributed by atoms with Gasteiger partial charge in [0.2, 0.25) is 0 Å². The van der Waals surface area contributed by atoms with Crippen LogP contribution in [0, 0.1) is 5.41 Å². The summed E-state index contributed by atoms with van der Waals surface area (Å²) in [4.78, 5) is 13.0. The molecule has 0 aromatic carbocycles. The van der Waals surface area contributed by atoms with Gasteiger partial charge in [0.15, 0.2) is 0 Å². The summed E-state index contributed by atoms with van der Waals surface area (Å²) in [5.74, 6) is 0. The van der Waals surface area contributed by atoms with Crippen molar-refractivity contribution >= 4 is 6.29 Å². The molecule has 0 saturated carbocycles. The minimum Gasteiger partial charge on any atom is -0.389 e. The fourth-order valence-corrected chi connectivity index (χ4v) is 2.08. The fourth-order valence-electron chi connectivity index (χ4n) is 2.08. The third-order valence-electron chi connectivity index (χ3n) is 2.85. The lowest BCUT2D eigenvalue weighted by atomic mass is 9.88. The van der Waals surface area contributed by atoms with Crippen LogP contribution in [0.2, 0.25) is 0 Å². The molecule has 0 amide bonds. The summed E-state index contributed by atoms with van der Waals surface area (Å²) in [6.45, 7) is 2.57. The van der Waals surface area contributed by atoms with E-state index in [1.165, 1.54) is 0 Å². The summed E-state index contributed by atoms with van der Waals surface area (Å²) in [5, 5.41) is 9.56. The molecule has 16 heavy (non-hydrogen) atoms. The molecule has 0 spiro atoms. The molecule has 1 fully saturated rings. The summed E-state index contributed by atoms with van der Waals surface area (Å²) in [6.07, 6.45) is 1.24. The molecule has 0 aliphatic carbocycles. The highest BCUT2D eigenvalue weighted by molar-refractivity contribution is 5.60. The van der Waals surface area contributed by atoms with Crippen LogP contribution < -0.4 is 0 Å². The standard InChI is InChI=1S/C11H21NO4/c1-12(5-10(14)6-15-2)7-11(8-13)3-4-16-9-11/h8,10,14H,3-7,9H2,1-2H3. The molecule has 1 aliphatic rings. The maximum atomic E-state index is 11.1. The molecule has 1 rings (SSSR count). The van der Waals surface area contributed by atoms with Crippen LogP contribution in [0.5, 0.6) is 0 Å². The molecule has 0 radical (unpaired) electrons. The lowest BCUT2D eigenvalue weighted by Gasteiger charge is -2.28. The summed E-state index contributed by atoms with van der Waals surface area (Å²) >= 11 is 0. The van der Waals surface area contributed by atoms with E-state index in [0.29, 0.717) is 32.9 Å². The Bertz CT molecular complexity index is 216. The topological polar surface area (TPSA) is 59.0 Å². The van der Waals surface area contributed by atoms with Gasteiger partial charge in [-0.05, 0) is 13.5 Å². The normalized spacial score (nSPS) is 27.2. The van der Waals surface area contributed by atoms with E-state index in [0.717, 1.165) is 12.7 Å². The van der Waals surface area contributed by atoms with Crippen molar-refractivity contribution < 1.29 is 19.4 Å². The summed E-state index contributed by atoms with van der Waals surface area (Å²) < 4.78 is 10.1. The maximum Gasteiger partial charge on any atom is 0.129 e. The van der Waals surface area contributed by atoms with Crippen LogP contribution in [0.25, 0.3) is 0 Å². The van der Waals surface area contributed by atoms with E-state index < -0.39 is 6.10 Å². The van der Waals surface area contributed by atoms with E-state index in [9.17, 15) is 9.90 Å². The van der Waals surface area contributed by atoms with Gasteiger partial charge < -0.3 is 24.3 Å². The molecule has 5 heteroatoms. The van der Waals surface area contributed by atoms with E-state index in [1.807, 2.05) is 11.9 Å². The van der Waals surface area contributed by atoms with Crippen LogP contribution in [-0.2, 0) is 14.3 Å². The van der Waals surface area contributed by atoms with Crippen molar-refractivity contribution in [1.82, 2.24) is 4.90 Å². The number of nitrogens with zero attached hydrogens (tertiary/aromatic N) is 1. The van der Waals surface area contributed by atoms with Gasteiger partial charge in [-0.1, -0.05) is 0 Å². The van der Waals surface area contributed by atoms with Crippen LogP contribution in [0.4, 0.5) is 0 Å². The molecule has 0 bridgehead atoms. The average Bonchev–Trinajstić information content (AvgIpc) is 2.67. The zero-order valence-electron chi connectivity index (χ0n) is 10.0. The quantitative estimate of drug-likeness (QED) is 0.600. The number of aliphatic hydroxyl groups is 1. The molecule has 1 N–H and O–H groups in total. The number of carbonyl (C=O) groups is 1. The molecule has 0 aromatic heterocycles. The smallest absolute Gasteiger partial charge is 0.129 e. The van der Waals surface area contributed by atoms with Crippen molar-refractivity contribution in [2.24, 2.45) is 5.41 Å². The zero-order chi connectivity index (χ0) is 12.0. The highest BCUT2D eigenvalue weighted by atomic mass is 16.5. The van der Waals surface area contributed by atoms with Gasteiger partial charge in [-0.25, -0.2) is 0 Å². The Balaban J connectivity index is 2.37. The summed E-state index contributed by atoms with van der Waals surface area (Å²) in [6, 6.07) is 0. The fraction of sp³-hybridized carbons (Fsp3) is 0.909. The van der Waals surface area contributed by atoms with Crippen LogP contribution in [0.3, 0.4) is 0 Å². The molecule has 1 heterocycles. The minimum atomic E-state index is -0.513. The van der Waals surface area contributed by atoms with E-state index in [2.05, 4.69) is 0 Å².